The molecule has 0 aliphatic carbocycles. The highest BCUT2D eigenvalue weighted by molar-refractivity contribution is 5.62. The highest BCUT2D eigenvalue weighted by atomic mass is 16.7. The smallest absolute Gasteiger partial charge is 0.177 e. The second kappa shape index (κ2) is 6.56. The van der Waals surface area contributed by atoms with E-state index in [1.165, 1.54) is 5.69 Å². The molecule has 27 heavy (non-hydrogen) atoms. The molecule has 0 unspecified atom stereocenters. The lowest BCUT2D eigenvalue weighted by molar-refractivity contribution is -0.227. The third kappa shape index (κ3) is 3.99. The number of aryl methyl sites for hydroxylation is 1. The minimum absolute atomic E-state index is 0.0679. The van der Waals surface area contributed by atoms with E-state index in [2.05, 4.69) is 60.9 Å². The number of aromatic nitrogens is 4. The first-order chi connectivity index (χ1) is 12.7. The third-order valence-electron chi connectivity index (χ3n) is 5.10. The van der Waals surface area contributed by atoms with Crippen LogP contribution >= 0.6 is 0 Å². The highest BCUT2D eigenvalue weighted by Crippen LogP contribution is 2.34. The normalized spacial score (nSPS) is 21.9. The van der Waals surface area contributed by atoms with Gasteiger partial charge in [0.25, 0.3) is 0 Å². The molecule has 0 N–H and O–H groups in total. The average Bonchev–Trinajstić information content (AvgIpc) is 3.02. The van der Waals surface area contributed by atoms with Gasteiger partial charge in [0, 0.05) is 18.5 Å². The molecule has 2 fully saturated rings. The van der Waals surface area contributed by atoms with Crippen LogP contribution in [0.5, 0.6) is 0 Å². The third-order valence-corrected chi connectivity index (χ3v) is 5.10. The summed E-state index contributed by atoms with van der Waals surface area (Å²) < 4.78 is 13.3. The molecule has 0 saturated carbocycles. The molecular formula is C20H29N5O2. The summed E-state index contributed by atoms with van der Waals surface area (Å²) >= 11 is 0. The Kier molecular flexibility index (Phi) is 4.47. The van der Waals surface area contributed by atoms with E-state index in [1.54, 1.807) is 4.68 Å². The SMILES string of the molecule is Cc1cc(N2CC(C)(C)C2)cnc1-c1cn(CC2OCC(C)(C)CO2)nn1. The lowest BCUT2D eigenvalue weighted by atomic mass is 9.84. The average molecular weight is 371 g/mol. The van der Waals surface area contributed by atoms with Crippen LogP contribution < -0.4 is 4.90 Å². The van der Waals surface area contributed by atoms with Crippen LogP contribution in [0, 0.1) is 17.8 Å². The number of hydrogen-bond donors (Lipinski definition) is 0. The molecule has 7 nitrogen and oxygen atoms in total. The van der Waals surface area contributed by atoms with Crippen LogP contribution in [-0.2, 0) is 16.0 Å². The van der Waals surface area contributed by atoms with Crippen LogP contribution in [0.4, 0.5) is 5.69 Å². The molecule has 2 aliphatic heterocycles. The van der Waals surface area contributed by atoms with Gasteiger partial charge in [-0.05, 0) is 24.0 Å². The van der Waals surface area contributed by atoms with E-state index in [-0.39, 0.29) is 11.7 Å². The van der Waals surface area contributed by atoms with Gasteiger partial charge in [0.1, 0.15) is 5.69 Å². The summed E-state index contributed by atoms with van der Waals surface area (Å²) in [7, 11) is 0. The second-order valence-electron chi connectivity index (χ2n) is 9.42. The Labute approximate surface area is 160 Å². The van der Waals surface area contributed by atoms with Gasteiger partial charge in [0.2, 0.25) is 0 Å². The maximum atomic E-state index is 5.78. The van der Waals surface area contributed by atoms with Crippen LogP contribution in [0.1, 0.15) is 33.3 Å². The van der Waals surface area contributed by atoms with E-state index in [0.29, 0.717) is 25.2 Å². The maximum Gasteiger partial charge on any atom is 0.177 e. The maximum absolute atomic E-state index is 5.78. The van der Waals surface area contributed by atoms with Gasteiger partial charge in [0.15, 0.2) is 6.29 Å². The quantitative estimate of drug-likeness (QED) is 0.823. The number of nitrogens with zero attached hydrogens (tertiary/aromatic N) is 5. The standard InChI is InChI=1S/C20H29N5O2/c1-14-6-15(24-10-19(2,3)11-24)7-21-18(14)16-8-25(23-22-16)9-17-26-12-20(4,5)13-27-17/h6-8,17H,9-13H2,1-5H3. The first-order valence-electron chi connectivity index (χ1n) is 9.56. The first-order valence-corrected chi connectivity index (χ1v) is 9.56. The van der Waals surface area contributed by atoms with Crippen molar-refractivity contribution in [2.45, 2.75) is 47.5 Å². The molecule has 0 spiro atoms. The van der Waals surface area contributed by atoms with E-state index in [1.807, 2.05) is 12.4 Å². The first kappa shape index (κ1) is 18.4. The van der Waals surface area contributed by atoms with Gasteiger partial charge in [-0.3, -0.25) is 4.98 Å². The fourth-order valence-electron chi connectivity index (χ4n) is 3.65. The Bertz CT molecular complexity index is 812. The van der Waals surface area contributed by atoms with E-state index in [9.17, 15) is 0 Å². The van der Waals surface area contributed by atoms with E-state index < -0.39 is 0 Å². The summed E-state index contributed by atoms with van der Waals surface area (Å²) in [4.78, 5) is 7.02. The van der Waals surface area contributed by atoms with Gasteiger partial charge in [-0.15, -0.1) is 5.10 Å². The summed E-state index contributed by atoms with van der Waals surface area (Å²) in [6, 6.07) is 2.19. The fraction of sp³-hybridized carbons (Fsp3) is 0.650. The van der Waals surface area contributed by atoms with Crippen molar-refractivity contribution in [1.82, 2.24) is 20.0 Å². The minimum Gasteiger partial charge on any atom is -0.369 e. The second-order valence-corrected chi connectivity index (χ2v) is 9.42. The topological polar surface area (TPSA) is 65.3 Å². The van der Waals surface area contributed by atoms with Gasteiger partial charge in [-0.2, -0.15) is 0 Å². The largest absolute Gasteiger partial charge is 0.369 e. The molecule has 0 bridgehead atoms. The van der Waals surface area contributed by atoms with Crippen molar-refractivity contribution >= 4 is 5.69 Å². The fourth-order valence-corrected chi connectivity index (χ4v) is 3.65. The predicted molar refractivity (Wildman–Crippen MR) is 103 cm³/mol. The molecule has 4 heterocycles. The monoisotopic (exact) mass is 371 g/mol. The van der Waals surface area contributed by atoms with Crippen LogP contribution in [0.3, 0.4) is 0 Å². The zero-order valence-corrected chi connectivity index (χ0v) is 16.9. The van der Waals surface area contributed by atoms with Gasteiger partial charge in [-0.25, -0.2) is 4.68 Å². The molecule has 0 amide bonds. The van der Waals surface area contributed by atoms with Gasteiger partial charge in [-0.1, -0.05) is 32.9 Å². The molecule has 0 atom stereocenters. The number of ether oxygens (including phenoxy) is 2. The molecule has 0 aromatic carbocycles. The van der Waals surface area contributed by atoms with Crippen LogP contribution in [0.15, 0.2) is 18.5 Å². The Balaban J connectivity index is 1.42. The van der Waals surface area contributed by atoms with Crippen molar-refractivity contribution in [3.8, 4) is 11.4 Å². The van der Waals surface area contributed by atoms with Crippen molar-refractivity contribution in [2.75, 3.05) is 31.2 Å². The van der Waals surface area contributed by atoms with Crippen molar-refractivity contribution in [2.24, 2.45) is 10.8 Å². The molecule has 146 valence electrons. The molecule has 2 aromatic rings. The van der Waals surface area contributed by atoms with Crippen molar-refractivity contribution in [3.05, 3.63) is 24.0 Å². The summed E-state index contributed by atoms with van der Waals surface area (Å²) in [5.74, 6) is 0. The zero-order chi connectivity index (χ0) is 19.2. The van der Waals surface area contributed by atoms with Crippen LogP contribution in [0.2, 0.25) is 0 Å². The number of pyridine rings is 1. The highest BCUT2D eigenvalue weighted by Gasteiger charge is 2.34. The lowest BCUT2D eigenvalue weighted by Gasteiger charge is -2.47. The summed E-state index contributed by atoms with van der Waals surface area (Å²) in [5.41, 5.74) is 4.40. The zero-order valence-electron chi connectivity index (χ0n) is 16.9. The summed E-state index contributed by atoms with van der Waals surface area (Å²) in [6.07, 6.45) is 3.57. The Morgan fingerprint density at radius 2 is 1.81 bits per heavy atom. The number of hydrogen-bond acceptors (Lipinski definition) is 6. The Hall–Kier alpha value is -1.99. The van der Waals surface area contributed by atoms with Gasteiger partial charge >= 0.3 is 0 Å². The van der Waals surface area contributed by atoms with E-state index >= 15 is 0 Å². The van der Waals surface area contributed by atoms with E-state index in [4.69, 9.17) is 9.47 Å². The predicted octanol–water partition coefficient (Wildman–Crippen LogP) is 2.89. The van der Waals surface area contributed by atoms with Gasteiger partial charge in [0.05, 0.1) is 43.5 Å². The molecule has 4 rings (SSSR count). The molecule has 0 radical (unpaired) electrons. The van der Waals surface area contributed by atoms with Crippen LogP contribution in [0.25, 0.3) is 11.4 Å². The number of rotatable bonds is 4. The molecule has 2 aromatic heterocycles. The molecule has 2 aliphatic rings. The van der Waals surface area contributed by atoms with Crippen molar-refractivity contribution in [3.63, 3.8) is 0 Å². The molecule has 2 saturated heterocycles. The summed E-state index contributed by atoms with van der Waals surface area (Å²) in [5, 5.41) is 8.52. The van der Waals surface area contributed by atoms with E-state index in [0.717, 1.165) is 30.0 Å². The number of anilines is 1. The Morgan fingerprint density at radius 1 is 1.11 bits per heavy atom. The molecular weight excluding hydrogens is 342 g/mol. The van der Waals surface area contributed by atoms with Crippen molar-refractivity contribution in [1.29, 1.82) is 0 Å². The van der Waals surface area contributed by atoms with Crippen LogP contribution in [-0.4, -0.2) is 52.6 Å². The molecule has 7 heteroatoms. The lowest BCUT2D eigenvalue weighted by Crippen LogP contribution is -2.53. The van der Waals surface area contributed by atoms with Crippen molar-refractivity contribution < 1.29 is 9.47 Å². The Morgan fingerprint density at radius 3 is 2.44 bits per heavy atom. The van der Waals surface area contributed by atoms with Gasteiger partial charge < -0.3 is 14.4 Å². The minimum atomic E-state index is -0.279. The summed E-state index contributed by atoms with van der Waals surface area (Å²) in [6.45, 7) is 15.0.